The van der Waals surface area contributed by atoms with Crippen molar-refractivity contribution in [1.29, 1.82) is 0 Å². The van der Waals surface area contributed by atoms with E-state index in [0.29, 0.717) is 12.2 Å². The maximum absolute atomic E-state index is 10.3. The molecule has 0 spiro atoms. The van der Waals surface area contributed by atoms with Gasteiger partial charge in [0.25, 0.3) is 0 Å². The van der Waals surface area contributed by atoms with Crippen LogP contribution in [-0.2, 0) is 15.8 Å². The van der Waals surface area contributed by atoms with Crippen molar-refractivity contribution in [2.75, 3.05) is 0 Å². The second-order valence-electron chi connectivity index (χ2n) is 2.69. The van der Waals surface area contributed by atoms with Crippen LogP contribution in [0, 0.1) is 0 Å². The predicted molar refractivity (Wildman–Crippen MR) is 57.8 cm³/mol. The van der Waals surface area contributed by atoms with Gasteiger partial charge in [0.05, 0.1) is 0 Å². The van der Waals surface area contributed by atoms with Gasteiger partial charge in [0.1, 0.15) is 0 Å². The van der Waals surface area contributed by atoms with E-state index in [9.17, 15) is 9.36 Å². The molecule has 75 valence electrons. The van der Waals surface area contributed by atoms with Gasteiger partial charge in [-0.2, -0.15) is 0 Å². The Hall–Kier alpha value is 0.226. The molecular weight excluding hydrogens is 242 g/mol. The van der Waals surface area contributed by atoms with Crippen LogP contribution in [0.1, 0.15) is 12.0 Å². The molecule has 1 aromatic carbocycles. The Morgan fingerprint density at radius 2 is 2.07 bits per heavy atom. The molecule has 6 heteroatoms. The smallest absolute Gasteiger partial charge is 0.481 e. The van der Waals surface area contributed by atoms with E-state index < -0.39 is 14.7 Å². The van der Waals surface area contributed by atoms with Crippen LogP contribution in [0.3, 0.4) is 0 Å². The standard InChI is InChI=1S/C9H9O4P.K/c10-9(11)6-5-7-3-1-2-4-8(7)13-14-12;/h1-4,14H,5-6H2;/p+1. The van der Waals surface area contributed by atoms with Gasteiger partial charge in [0, 0.05) is 63.4 Å². The van der Waals surface area contributed by atoms with Gasteiger partial charge in [0.15, 0.2) is 5.75 Å². The van der Waals surface area contributed by atoms with Crippen molar-refractivity contribution in [3.8, 4) is 5.75 Å². The predicted octanol–water partition coefficient (Wildman–Crippen LogP) is 1.64. The Balaban J connectivity index is 0.00000196. The minimum atomic E-state index is -0.867. The molecule has 1 aromatic rings. The molecule has 1 N–H and O–H groups in total. The summed E-state index contributed by atoms with van der Waals surface area (Å²) in [6, 6.07) is 6.97. The normalized spacial score (nSPS) is 9.33. The Labute approximate surface area is 132 Å². The molecule has 4 nitrogen and oxygen atoms in total. The quantitative estimate of drug-likeness (QED) is 0.639. The summed E-state index contributed by atoms with van der Waals surface area (Å²) in [6.07, 6.45) is 0.429. The van der Waals surface area contributed by atoms with Gasteiger partial charge in [-0.1, -0.05) is 18.2 Å². The molecule has 0 aromatic heterocycles. The van der Waals surface area contributed by atoms with Crippen LogP contribution in [0.2, 0.25) is 0 Å². The van der Waals surface area contributed by atoms with Crippen molar-refractivity contribution in [3.05, 3.63) is 29.8 Å². The molecular formula is C9H10KO4P+. The molecule has 0 amide bonds. The molecule has 1 rings (SSSR count). The van der Waals surface area contributed by atoms with Crippen LogP contribution in [0.4, 0.5) is 0 Å². The molecule has 0 heterocycles. The minimum Gasteiger partial charge on any atom is -0.481 e. The average Bonchev–Trinajstić information content (AvgIpc) is 2.17. The first-order chi connectivity index (χ1) is 6.74. The number of aliphatic carboxylic acids is 1. The molecule has 0 aliphatic heterocycles. The third-order valence-corrected chi connectivity index (χ3v) is 2.04. The largest absolute Gasteiger partial charge is 0.542 e. The Bertz CT molecular complexity index is 343. The second kappa shape index (κ2) is 8.39. The van der Waals surface area contributed by atoms with Gasteiger partial charge in [0.2, 0.25) is 0 Å². The number of rotatable bonds is 5. The maximum atomic E-state index is 10.3. The topological polar surface area (TPSA) is 63.6 Å². The van der Waals surface area contributed by atoms with E-state index in [2.05, 4.69) is 0 Å². The van der Waals surface area contributed by atoms with E-state index >= 15 is 0 Å². The summed E-state index contributed by atoms with van der Waals surface area (Å²) in [5.41, 5.74) is 0.762. The average molecular weight is 252 g/mol. The molecule has 0 aliphatic carbocycles. The zero-order valence-electron chi connectivity index (χ0n) is 8.40. The van der Waals surface area contributed by atoms with E-state index in [-0.39, 0.29) is 57.8 Å². The first-order valence-corrected chi connectivity index (χ1v) is 4.89. The van der Waals surface area contributed by atoms with Crippen LogP contribution in [-0.4, -0.2) is 62.5 Å². The van der Waals surface area contributed by atoms with Gasteiger partial charge in [-0.3, -0.25) is 9.32 Å². The van der Waals surface area contributed by atoms with Crippen molar-refractivity contribution >= 4 is 66.0 Å². The fraction of sp³-hybridized carbons (Fsp3) is 0.222. The Kier molecular flexibility index (Phi) is 8.51. The van der Waals surface area contributed by atoms with E-state index in [4.69, 9.17) is 9.63 Å². The first kappa shape index (κ1) is 15.2. The van der Waals surface area contributed by atoms with Gasteiger partial charge in [-0.05, 0) is 17.1 Å². The summed E-state index contributed by atoms with van der Waals surface area (Å²) in [6.45, 7) is 0. The van der Waals surface area contributed by atoms with Crippen molar-refractivity contribution in [1.82, 2.24) is 0 Å². The van der Waals surface area contributed by atoms with E-state index in [1.807, 2.05) is 0 Å². The summed E-state index contributed by atoms with van der Waals surface area (Å²) >= 11 is 0. The maximum Gasteiger partial charge on any atom is 0.542 e. The molecule has 0 saturated heterocycles. The number of hydrogen-bond donors (Lipinski definition) is 1. The molecule has 15 heavy (non-hydrogen) atoms. The van der Waals surface area contributed by atoms with Crippen LogP contribution < -0.4 is 4.52 Å². The van der Waals surface area contributed by atoms with Crippen molar-refractivity contribution < 1.29 is 19.0 Å². The number of aryl methyl sites for hydroxylation is 1. The zero-order chi connectivity index (χ0) is 10.4. The number of para-hydroxylation sites is 1. The molecule has 0 saturated carbocycles. The number of hydrogen-bond acceptors (Lipinski definition) is 3. The summed E-state index contributed by atoms with van der Waals surface area (Å²) in [4.78, 5) is 10.3. The van der Waals surface area contributed by atoms with Crippen LogP contribution in [0.25, 0.3) is 0 Å². The summed E-state index contributed by atoms with van der Waals surface area (Å²) in [7, 11) is -0.867. The van der Waals surface area contributed by atoms with Crippen molar-refractivity contribution in [2.24, 2.45) is 0 Å². The minimum absolute atomic E-state index is 0. The summed E-state index contributed by atoms with van der Waals surface area (Å²) in [5.74, 6) is -0.369. The summed E-state index contributed by atoms with van der Waals surface area (Å²) in [5, 5.41) is 8.49. The number of carboxylic acid groups (broad SMARTS) is 1. The van der Waals surface area contributed by atoms with Gasteiger partial charge < -0.3 is 5.11 Å². The van der Waals surface area contributed by atoms with Gasteiger partial charge >= 0.3 is 14.7 Å². The molecule has 1 atom stereocenters. The molecule has 0 fully saturated rings. The second-order valence-corrected chi connectivity index (χ2v) is 3.06. The van der Waals surface area contributed by atoms with Crippen molar-refractivity contribution in [3.63, 3.8) is 0 Å². The summed E-state index contributed by atoms with van der Waals surface area (Å²) < 4.78 is 15.1. The number of carbonyl (C=O) groups is 1. The van der Waals surface area contributed by atoms with Crippen LogP contribution in [0.5, 0.6) is 5.75 Å². The third-order valence-electron chi connectivity index (χ3n) is 1.73. The Morgan fingerprint density at radius 3 is 2.67 bits per heavy atom. The van der Waals surface area contributed by atoms with Crippen LogP contribution >= 0.6 is 8.69 Å². The van der Waals surface area contributed by atoms with E-state index in [1.54, 1.807) is 24.3 Å². The monoisotopic (exact) mass is 252 g/mol. The fourth-order valence-electron chi connectivity index (χ4n) is 1.10. The van der Waals surface area contributed by atoms with Crippen LogP contribution in [0.15, 0.2) is 24.3 Å². The fourth-order valence-corrected chi connectivity index (χ4v) is 1.39. The number of carboxylic acids is 1. The molecule has 1 radical (unpaired) electrons. The van der Waals surface area contributed by atoms with Crippen molar-refractivity contribution in [2.45, 2.75) is 12.8 Å². The SMILES string of the molecule is O=[PH+]Oc1ccccc1CCC(=O)O.[K]. The first-order valence-electron chi connectivity index (χ1n) is 4.07. The van der Waals surface area contributed by atoms with E-state index in [0.717, 1.165) is 5.56 Å². The molecule has 0 aliphatic rings. The van der Waals surface area contributed by atoms with E-state index in [1.165, 1.54) is 0 Å². The van der Waals surface area contributed by atoms with Gasteiger partial charge in [-0.15, -0.1) is 0 Å². The zero-order valence-corrected chi connectivity index (χ0v) is 12.5. The Morgan fingerprint density at radius 1 is 1.40 bits per heavy atom. The third kappa shape index (κ3) is 5.75. The molecule has 1 unspecified atom stereocenters. The number of benzene rings is 1. The van der Waals surface area contributed by atoms with Gasteiger partial charge in [-0.25, -0.2) is 0 Å². The molecule has 0 bridgehead atoms.